The second-order valence-corrected chi connectivity index (χ2v) is 8.38. The predicted molar refractivity (Wildman–Crippen MR) is 109 cm³/mol. The van der Waals surface area contributed by atoms with E-state index in [9.17, 15) is 10.1 Å². The van der Waals surface area contributed by atoms with Crippen LogP contribution in [0.4, 0.5) is 5.82 Å². The molecule has 1 atom stereocenters. The Morgan fingerprint density at radius 1 is 1.21 bits per heavy atom. The van der Waals surface area contributed by atoms with Crippen molar-refractivity contribution in [2.24, 2.45) is 0 Å². The molecule has 0 radical (unpaired) electrons. The van der Waals surface area contributed by atoms with Crippen molar-refractivity contribution in [2.75, 3.05) is 13.6 Å². The van der Waals surface area contributed by atoms with Crippen LogP contribution in [0.15, 0.2) is 18.3 Å². The third kappa shape index (κ3) is 4.58. The van der Waals surface area contributed by atoms with Gasteiger partial charge in [0.15, 0.2) is 0 Å². The van der Waals surface area contributed by atoms with Crippen molar-refractivity contribution >= 4 is 5.82 Å². The largest absolute Gasteiger partial charge is 0.441 e. The fourth-order valence-electron chi connectivity index (χ4n) is 4.39. The molecule has 3 aliphatic rings. The Morgan fingerprint density at radius 3 is 2.72 bits per heavy atom. The Bertz CT molecular complexity index is 852. The van der Waals surface area contributed by atoms with Gasteiger partial charge in [0.25, 0.3) is 0 Å². The fraction of sp³-hybridized carbons (Fsp3) is 0.619. The number of hydrogen-bond acceptors (Lipinski definition) is 6. The highest BCUT2D eigenvalue weighted by molar-refractivity contribution is 5.27. The van der Waals surface area contributed by atoms with Gasteiger partial charge in [-0.1, -0.05) is 25.3 Å². The predicted octanol–water partition coefficient (Wildman–Crippen LogP) is 3.69. The zero-order chi connectivity index (χ0) is 20.4. The van der Waals surface area contributed by atoms with Gasteiger partial charge in [-0.25, -0.2) is 0 Å². The van der Waals surface area contributed by atoms with Gasteiger partial charge < -0.3 is 19.8 Å². The first-order valence-electron chi connectivity index (χ1n) is 10.5. The van der Waals surface area contributed by atoms with Gasteiger partial charge in [-0.2, -0.15) is 0 Å². The number of fused-ring (bicyclic) bond motifs is 2. The van der Waals surface area contributed by atoms with E-state index >= 15 is 0 Å². The lowest BCUT2D eigenvalue weighted by atomic mass is 9.86. The summed E-state index contributed by atoms with van der Waals surface area (Å²) in [5, 5.41) is 10.3. The minimum absolute atomic E-state index is 0.0632. The van der Waals surface area contributed by atoms with Crippen molar-refractivity contribution in [1.82, 2.24) is 19.4 Å². The Labute approximate surface area is 171 Å². The van der Waals surface area contributed by atoms with Crippen LogP contribution in [0.3, 0.4) is 0 Å². The molecule has 1 saturated carbocycles. The molecular formula is C21H29N5O3. The molecule has 0 spiro atoms. The number of nitrogens with zero attached hydrogens (tertiary/aromatic N) is 5. The first kappa shape index (κ1) is 19.8. The van der Waals surface area contributed by atoms with Crippen LogP contribution in [0.5, 0.6) is 6.01 Å². The van der Waals surface area contributed by atoms with E-state index < -0.39 is 4.92 Å². The van der Waals surface area contributed by atoms with Gasteiger partial charge in [-0.05, 0) is 43.4 Å². The van der Waals surface area contributed by atoms with Crippen LogP contribution < -0.4 is 4.74 Å². The van der Waals surface area contributed by atoms with Crippen molar-refractivity contribution in [3.05, 3.63) is 45.4 Å². The molecule has 5 rings (SSSR count). The first-order chi connectivity index (χ1) is 14.0. The van der Waals surface area contributed by atoms with E-state index in [0.29, 0.717) is 12.6 Å². The number of aromatic nitrogens is 3. The van der Waals surface area contributed by atoms with Gasteiger partial charge in [0, 0.05) is 41.8 Å². The number of pyridine rings is 1. The summed E-state index contributed by atoms with van der Waals surface area (Å²) >= 11 is 0. The molecule has 29 heavy (non-hydrogen) atoms. The van der Waals surface area contributed by atoms with Crippen molar-refractivity contribution < 1.29 is 9.66 Å². The van der Waals surface area contributed by atoms with E-state index in [1.54, 1.807) is 4.57 Å². The third-order valence-corrected chi connectivity index (χ3v) is 5.96. The van der Waals surface area contributed by atoms with Crippen LogP contribution >= 0.6 is 0 Å². The first-order valence-corrected chi connectivity index (χ1v) is 10.5. The molecule has 8 nitrogen and oxygen atoms in total. The van der Waals surface area contributed by atoms with Crippen LogP contribution in [0.25, 0.3) is 0 Å². The second-order valence-electron chi connectivity index (χ2n) is 8.38. The van der Waals surface area contributed by atoms with Crippen LogP contribution in [0.1, 0.15) is 61.9 Å². The van der Waals surface area contributed by atoms with Gasteiger partial charge in [-0.15, -0.1) is 0 Å². The maximum absolute atomic E-state index is 10.3. The maximum Gasteiger partial charge on any atom is 0.414 e. The molecule has 0 N–H and O–H groups in total. The van der Waals surface area contributed by atoms with Crippen molar-refractivity contribution in [3.8, 4) is 6.01 Å². The Morgan fingerprint density at radius 2 is 2.00 bits per heavy atom. The lowest BCUT2D eigenvalue weighted by Gasteiger charge is -2.26. The Balaban J connectivity index is 0.000000150. The van der Waals surface area contributed by atoms with Gasteiger partial charge in [0.2, 0.25) is 0 Å². The topological polar surface area (TPSA) is 86.3 Å². The monoisotopic (exact) mass is 399 g/mol. The summed E-state index contributed by atoms with van der Waals surface area (Å²) in [7, 11) is 2.19. The highest BCUT2D eigenvalue weighted by Crippen LogP contribution is 2.32. The van der Waals surface area contributed by atoms with E-state index in [4.69, 9.17) is 9.72 Å². The number of hydrogen-bond donors (Lipinski definition) is 0. The number of nitro groups is 1. The van der Waals surface area contributed by atoms with Crippen LogP contribution in [0, 0.1) is 10.1 Å². The highest BCUT2D eigenvalue weighted by Gasteiger charge is 2.28. The molecule has 2 aliphatic heterocycles. The number of rotatable bonds is 2. The van der Waals surface area contributed by atoms with Gasteiger partial charge in [0.05, 0.1) is 6.54 Å². The fourth-order valence-corrected chi connectivity index (χ4v) is 4.39. The zero-order valence-corrected chi connectivity index (χ0v) is 17.2. The lowest BCUT2D eigenvalue weighted by molar-refractivity contribution is -0.389. The summed E-state index contributed by atoms with van der Waals surface area (Å²) in [6.07, 6.45) is 9.50. The molecule has 1 aliphatic carbocycles. The van der Waals surface area contributed by atoms with Crippen LogP contribution in [0.2, 0.25) is 0 Å². The zero-order valence-electron chi connectivity index (χ0n) is 17.2. The molecule has 0 aromatic carbocycles. The number of ether oxygens (including phenoxy) is 1. The van der Waals surface area contributed by atoms with Crippen LogP contribution in [-0.4, -0.2) is 44.1 Å². The molecule has 2 aromatic heterocycles. The summed E-state index contributed by atoms with van der Waals surface area (Å²) in [5.41, 5.74) is 4.18. The lowest BCUT2D eigenvalue weighted by Crippen LogP contribution is -2.27. The van der Waals surface area contributed by atoms with E-state index in [-0.39, 0.29) is 11.9 Å². The molecule has 2 aromatic rings. The molecule has 1 unspecified atom stereocenters. The molecule has 0 amide bonds. The number of likely N-dealkylation sites (N-methyl/N-ethyl adjacent to an activating group) is 1. The average molecular weight is 399 g/mol. The van der Waals surface area contributed by atoms with Crippen molar-refractivity contribution in [3.63, 3.8) is 0 Å². The highest BCUT2D eigenvalue weighted by atomic mass is 16.6. The van der Waals surface area contributed by atoms with E-state index in [0.717, 1.165) is 25.4 Å². The minimum Gasteiger partial charge on any atom is -0.441 e. The molecule has 8 heteroatoms. The second kappa shape index (κ2) is 8.49. The molecule has 1 fully saturated rings. The summed E-state index contributed by atoms with van der Waals surface area (Å²) in [5.74, 6) is 0.589. The SMILES string of the molecule is CC1Cn2cc([N+](=O)[O-])nc2O1.CN1CCc2nc(C3CCCCC3)ccc2C1. The van der Waals surface area contributed by atoms with Gasteiger partial charge in [-0.3, -0.25) is 9.55 Å². The van der Waals surface area contributed by atoms with Gasteiger partial charge in [0.1, 0.15) is 12.3 Å². The normalized spacial score (nSPS) is 21.5. The Kier molecular flexibility index (Phi) is 5.80. The molecule has 0 bridgehead atoms. The molecule has 156 valence electrons. The van der Waals surface area contributed by atoms with E-state index in [1.165, 1.54) is 55.3 Å². The molecule has 4 heterocycles. The Hall–Kier alpha value is -2.48. The van der Waals surface area contributed by atoms with Crippen molar-refractivity contribution in [1.29, 1.82) is 0 Å². The molecular weight excluding hydrogens is 370 g/mol. The average Bonchev–Trinajstić information content (AvgIpc) is 3.26. The summed E-state index contributed by atoms with van der Waals surface area (Å²) in [6, 6.07) is 4.95. The number of imidazole rings is 1. The maximum atomic E-state index is 10.3. The summed E-state index contributed by atoms with van der Waals surface area (Å²) < 4.78 is 6.83. The van der Waals surface area contributed by atoms with Crippen molar-refractivity contribution in [2.45, 2.75) is 70.6 Å². The minimum atomic E-state index is -0.528. The van der Waals surface area contributed by atoms with E-state index in [1.807, 2.05) is 6.92 Å². The summed E-state index contributed by atoms with van der Waals surface area (Å²) in [6.45, 7) is 4.76. The molecule has 0 saturated heterocycles. The standard InChI is InChI=1S/C15H22N2.C6H7N3O3/c1-17-10-9-15-13(11-17)7-8-14(16-15)12-5-3-2-4-6-12;1-4-2-8-3-5(9(10)11)7-6(8)12-4/h7-8,12H,2-6,9-11H2,1H3;3-4H,2H2,1H3. The summed E-state index contributed by atoms with van der Waals surface area (Å²) in [4.78, 5) is 20.7. The quantitative estimate of drug-likeness (QED) is 0.565. The van der Waals surface area contributed by atoms with E-state index in [2.05, 4.69) is 29.1 Å². The third-order valence-electron chi connectivity index (χ3n) is 5.96. The van der Waals surface area contributed by atoms with Gasteiger partial charge >= 0.3 is 11.8 Å². The van der Waals surface area contributed by atoms with Crippen LogP contribution in [-0.2, 0) is 19.5 Å². The smallest absolute Gasteiger partial charge is 0.414 e.